The molecule has 0 unspecified atom stereocenters. The van der Waals surface area contributed by atoms with E-state index in [0.29, 0.717) is 0 Å². The standard InChI is InChI=1S/C11H11FN2O5/c1-2-8(11(16)17)13-10(15)6-3-4-7(12)9(5-6)14(18)19/h3-5,8H,2H2,1H3,(H,13,15)(H,16,17)/t8-/m0/s1. The van der Waals surface area contributed by atoms with Gasteiger partial charge in [0.15, 0.2) is 0 Å². The molecule has 2 N–H and O–H groups in total. The van der Waals surface area contributed by atoms with Gasteiger partial charge in [-0.1, -0.05) is 6.92 Å². The van der Waals surface area contributed by atoms with Crippen LogP contribution in [-0.4, -0.2) is 27.9 Å². The zero-order valence-corrected chi connectivity index (χ0v) is 9.92. The molecule has 0 spiro atoms. The van der Waals surface area contributed by atoms with Gasteiger partial charge in [-0.25, -0.2) is 4.79 Å². The molecule has 0 aliphatic heterocycles. The first-order valence-electron chi connectivity index (χ1n) is 5.34. The molecule has 19 heavy (non-hydrogen) atoms. The summed E-state index contributed by atoms with van der Waals surface area (Å²) in [7, 11) is 0. The Labute approximate surface area is 107 Å². The highest BCUT2D eigenvalue weighted by atomic mass is 19.1. The predicted molar refractivity (Wildman–Crippen MR) is 62.2 cm³/mol. The van der Waals surface area contributed by atoms with Crippen molar-refractivity contribution in [2.45, 2.75) is 19.4 Å². The monoisotopic (exact) mass is 270 g/mol. The first kappa shape index (κ1) is 14.6. The van der Waals surface area contributed by atoms with Gasteiger partial charge in [-0.3, -0.25) is 14.9 Å². The number of rotatable bonds is 5. The van der Waals surface area contributed by atoms with Crippen molar-refractivity contribution in [1.82, 2.24) is 5.32 Å². The van der Waals surface area contributed by atoms with Gasteiger partial charge in [0.1, 0.15) is 6.04 Å². The molecule has 0 saturated carbocycles. The summed E-state index contributed by atoms with van der Waals surface area (Å²) in [6.07, 6.45) is 0.157. The Morgan fingerprint density at radius 2 is 2.16 bits per heavy atom. The first-order valence-corrected chi connectivity index (χ1v) is 5.34. The maximum absolute atomic E-state index is 13.1. The van der Waals surface area contributed by atoms with Gasteiger partial charge in [-0.05, 0) is 18.6 Å². The van der Waals surface area contributed by atoms with Crippen molar-refractivity contribution in [3.63, 3.8) is 0 Å². The zero-order valence-electron chi connectivity index (χ0n) is 9.92. The van der Waals surface area contributed by atoms with Crippen LogP contribution >= 0.6 is 0 Å². The fourth-order valence-corrected chi connectivity index (χ4v) is 1.37. The number of hydrogen-bond acceptors (Lipinski definition) is 4. The minimum Gasteiger partial charge on any atom is -0.480 e. The molecule has 1 aromatic rings. The molecular formula is C11H11FN2O5. The van der Waals surface area contributed by atoms with Gasteiger partial charge >= 0.3 is 11.7 Å². The number of carboxylic acid groups (broad SMARTS) is 1. The van der Waals surface area contributed by atoms with Crippen LogP contribution in [0.2, 0.25) is 0 Å². The molecule has 0 bridgehead atoms. The number of nitro groups is 1. The van der Waals surface area contributed by atoms with Gasteiger partial charge in [0, 0.05) is 11.6 Å². The maximum atomic E-state index is 13.1. The van der Waals surface area contributed by atoms with Crippen molar-refractivity contribution in [3.8, 4) is 0 Å². The molecule has 0 fully saturated rings. The molecule has 0 heterocycles. The molecule has 1 aromatic carbocycles. The highest BCUT2D eigenvalue weighted by Crippen LogP contribution is 2.18. The fraction of sp³-hybridized carbons (Fsp3) is 0.273. The van der Waals surface area contributed by atoms with E-state index >= 15 is 0 Å². The van der Waals surface area contributed by atoms with E-state index in [9.17, 15) is 24.1 Å². The molecule has 8 heteroatoms. The number of carbonyl (C=O) groups is 2. The van der Waals surface area contributed by atoms with E-state index in [1.807, 2.05) is 0 Å². The molecule has 7 nitrogen and oxygen atoms in total. The number of hydrogen-bond donors (Lipinski definition) is 2. The summed E-state index contributed by atoms with van der Waals surface area (Å²) < 4.78 is 13.1. The van der Waals surface area contributed by atoms with Gasteiger partial charge in [0.05, 0.1) is 4.92 Å². The molecule has 102 valence electrons. The van der Waals surface area contributed by atoms with Crippen molar-refractivity contribution >= 4 is 17.6 Å². The molecule has 0 aromatic heterocycles. The quantitative estimate of drug-likeness (QED) is 0.619. The predicted octanol–water partition coefficient (Wildman–Crippen LogP) is 1.33. The maximum Gasteiger partial charge on any atom is 0.326 e. The number of aliphatic carboxylic acids is 1. The van der Waals surface area contributed by atoms with Gasteiger partial charge < -0.3 is 10.4 Å². The van der Waals surface area contributed by atoms with Crippen LogP contribution in [0.3, 0.4) is 0 Å². The van der Waals surface area contributed by atoms with Gasteiger partial charge in [-0.2, -0.15) is 4.39 Å². The highest BCUT2D eigenvalue weighted by Gasteiger charge is 2.21. The molecule has 0 radical (unpaired) electrons. The normalized spacial score (nSPS) is 11.7. The van der Waals surface area contributed by atoms with E-state index in [0.717, 1.165) is 18.2 Å². The van der Waals surface area contributed by atoms with E-state index < -0.39 is 34.3 Å². The summed E-state index contributed by atoms with van der Waals surface area (Å²) in [5, 5.41) is 21.5. The van der Waals surface area contributed by atoms with Crippen molar-refractivity contribution in [3.05, 3.63) is 39.7 Å². The summed E-state index contributed by atoms with van der Waals surface area (Å²) in [6.45, 7) is 1.56. The van der Waals surface area contributed by atoms with Gasteiger partial charge in [0.25, 0.3) is 5.91 Å². The molecule has 0 saturated heterocycles. The number of nitrogens with zero attached hydrogens (tertiary/aromatic N) is 1. The third-order valence-corrected chi connectivity index (χ3v) is 2.42. The van der Waals surface area contributed by atoms with Crippen LogP contribution < -0.4 is 5.32 Å². The van der Waals surface area contributed by atoms with E-state index in [-0.39, 0.29) is 12.0 Å². The average Bonchev–Trinajstić information content (AvgIpc) is 2.35. The first-order chi connectivity index (χ1) is 8.86. The molecule has 1 amide bonds. The Morgan fingerprint density at radius 3 is 2.63 bits per heavy atom. The zero-order chi connectivity index (χ0) is 14.6. The number of carbonyl (C=O) groups excluding carboxylic acids is 1. The summed E-state index contributed by atoms with van der Waals surface area (Å²) in [5.74, 6) is -3.09. The Balaban J connectivity index is 2.97. The number of amides is 1. The minimum absolute atomic E-state index is 0.157. The van der Waals surface area contributed by atoms with Crippen molar-refractivity contribution in [2.75, 3.05) is 0 Å². The van der Waals surface area contributed by atoms with Crippen LogP contribution in [0.25, 0.3) is 0 Å². The van der Waals surface area contributed by atoms with Crippen LogP contribution in [0.5, 0.6) is 0 Å². The number of halogens is 1. The smallest absolute Gasteiger partial charge is 0.326 e. The summed E-state index contributed by atoms with van der Waals surface area (Å²) in [5.41, 5.74) is -1.01. The van der Waals surface area contributed by atoms with Crippen molar-refractivity contribution in [2.24, 2.45) is 0 Å². The highest BCUT2D eigenvalue weighted by molar-refractivity contribution is 5.97. The summed E-state index contributed by atoms with van der Waals surface area (Å²) >= 11 is 0. The lowest BCUT2D eigenvalue weighted by molar-refractivity contribution is -0.387. The van der Waals surface area contributed by atoms with Crippen molar-refractivity contribution in [1.29, 1.82) is 0 Å². The van der Waals surface area contributed by atoms with Crippen LogP contribution in [0.15, 0.2) is 18.2 Å². The Bertz CT molecular complexity index is 532. The topological polar surface area (TPSA) is 110 Å². The fourth-order valence-electron chi connectivity index (χ4n) is 1.37. The van der Waals surface area contributed by atoms with Crippen LogP contribution in [0, 0.1) is 15.9 Å². The third-order valence-electron chi connectivity index (χ3n) is 2.42. The van der Waals surface area contributed by atoms with Crippen LogP contribution in [0.1, 0.15) is 23.7 Å². The lowest BCUT2D eigenvalue weighted by Gasteiger charge is -2.12. The van der Waals surface area contributed by atoms with Gasteiger partial charge in [-0.15, -0.1) is 0 Å². The number of benzene rings is 1. The Morgan fingerprint density at radius 1 is 1.53 bits per heavy atom. The van der Waals surface area contributed by atoms with E-state index in [1.54, 1.807) is 6.92 Å². The van der Waals surface area contributed by atoms with Crippen molar-refractivity contribution < 1.29 is 24.0 Å². The second-order valence-corrected chi connectivity index (χ2v) is 3.70. The SMILES string of the molecule is CC[C@H](NC(=O)c1ccc(F)c([N+](=O)[O-])c1)C(=O)O. The van der Waals surface area contributed by atoms with Crippen LogP contribution in [-0.2, 0) is 4.79 Å². The lowest BCUT2D eigenvalue weighted by Crippen LogP contribution is -2.40. The average molecular weight is 270 g/mol. The Hall–Kier alpha value is -2.51. The summed E-state index contributed by atoms with van der Waals surface area (Å²) in [6, 6.07) is 1.50. The molecule has 1 rings (SSSR count). The van der Waals surface area contributed by atoms with Gasteiger partial charge in [0.2, 0.25) is 5.82 Å². The summed E-state index contributed by atoms with van der Waals surface area (Å²) in [4.78, 5) is 32.0. The van der Waals surface area contributed by atoms with E-state index in [4.69, 9.17) is 5.11 Å². The largest absolute Gasteiger partial charge is 0.480 e. The second-order valence-electron chi connectivity index (χ2n) is 3.70. The van der Waals surface area contributed by atoms with E-state index in [1.165, 1.54) is 0 Å². The molecule has 0 aliphatic carbocycles. The number of nitro benzene ring substituents is 1. The Kier molecular flexibility index (Phi) is 4.51. The second kappa shape index (κ2) is 5.89. The van der Waals surface area contributed by atoms with Crippen LogP contribution in [0.4, 0.5) is 10.1 Å². The molecule has 0 aliphatic rings. The van der Waals surface area contributed by atoms with E-state index in [2.05, 4.69) is 5.32 Å². The number of nitrogens with one attached hydrogen (secondary N) is 1. The molecule has 1 atom stereocenters. The lowest BCUT2D eigenvalue weighted by atomic mass is 10.1. The third kappa shape index (κ3) is 3.47. The molecular weight excluding hydrogens is 259 g/mol. The minimum atomic E-state index is -1.22. The number of carboxylic acids is 1.